The Balaban J connectivity index is 2.39. The number of benzene rings is 1. The molecule has 0 heterocycles. The number of carboxylic acids is 1. The minimum absolute atomic E-state index is 0.0507. The third-order valence-electron chi connectivity index (χ3n) is 4.52. The minimum atomic E-state index is -0.958. The summed E-state index contributed by atoms with van der Waals surface area (Å²) in [5.41, 5.74) is -0.0507. The highest BCUT2D eigenvalue weighted by atomic mass is 19.1. The standard InChI is InChI=1S/C16H20F2O2/c1-9(2)10-6-7-11(16(19)20)12(8-10)15-13(17)4-3-5-14(15)18/h3-5,9-12H,6-8H2,1-2H3,(H,19,20). The molecule has 1 fully saturated rings. The van der Waals surface area contributed by atoms with Gasteiger partial charge in [-0.25, -0.2) is 8.78 Å². The van der Waals surface area contributed by atoms with Crippen molar-refractivity contribution in [3.05, 3.63) is 35.4 Å². The van der Waals surface area contributed by atoms with Crippen LogP contribution in [-0.2, 0) is 4.79 Å². The Morgan fingerprint density at radius 3 is 2.35 bits per heavy atom. The Bertz CT molecular complexity index is 479. The molecule has 1 aromatic rings. The van der Waals surface area contributed by atoms with E-state index in [1.54, 1.807) is 0 Å². The first-order valence-electron chi connectivity index (χ1n) is 7.08. The molecule has 0 saturated heterocycles. The van der Waals surface area contributed by atoms with Crippen LogP contribution in [0.5, 0.6) is 0 Å². The van der Waals surface area contributed by atoms with Crippen LogP contribution < -0.4 is 0 Å². The quantitative estimate of drug-likeness (QED) is 0.902. The molecule has 1 aliphatic carbocycles. The Morgan fingerprint density at radius 1 is 1.25 bits per heavy atom. The van der Waals surface area contributed by atoms with E-state index in [4.69, 9.17) is 0 Å². The summed E-state index contributed by atoms with van der Waals surface area (Å²) in [6.45, 7) is 4.14. The number of carboxylic acid groups (broad SMARTS) is 1. The van der Waals surface area contributed by atoms with Gasteiger partial charge in [0.2, 0.25) is 0 Å². The highest BCUT2D eigenvalue weighted by Crippen LogP contribution is 2.44. The van der Waals surface area contributed by atoms with Crippen molar-refractivity contribution in [2.24, 2.45) is 17.8 Å². The van der Waals surface area contributed by atoms with Crippen LogP contribution >= 0.6 is 0 Å². The fourth-order valence-electron chi connectivity index (χ4n) is 3.29. The lowest BCUT2D eigenvalue weighted by Crippen LogP contribution is -2.32. The second kappa shape index (κ2) is 5.90. The summed E-state index contributed by atoms with van der Waals surface area (Å²) in [6.07, 6.45) is 1.82. The summed E-state index contributed by atoms with van der Waals surface area (Å²) in [4.78, 5) is 11.4. The lowest BCUT2D eigenvalue weighted by Gasteiger charge is -2.36. The predicted octanol–water partition coefficient (Wildman–Crippen LogP) is 4.21. The van der Waals surface area contributed by atoms with E-state index < -0.39 is 29.4 Å². The number of hydrogen-bond acceptors (Lipinski definition) is 1. The molecule has 0 spiro atoms. The highest BCUT2D eigenvalue weighted by molar-refractivity contribution is 5.71. The maximum Gasteiger partial charge on any atom is 0.307 e. The van der Waals surface area contributed by atoms with Crippen molar-refractivity contribution < 1.29 is 18.7 Å². The van der Waals surface area contributed by atoms with Gasteiger partial charge in [-0.05, 0) is 43.2 Å². The second-order valence-electron chi connectivity index (χ2n) is 6.00. The SMILES string of the molecule is CC(C)C1CCC(C(=O)O)C(c2c(F)cccc2F)C1. The van der Waals surface area contributed by atoms with Crippen LogP contribution in [0.25, 0.3) is 0 Å². The number of hydrogen-bond donors (Lipinski definition) is 1. The molecule has 1 aliphatic rings. The minimum Gasteiger partial charge on any atom is -0.481 e. The van der Waals surface area contributed by atoms with Gasteiger partial charge >= 0.3 is 5.97 Å². The molecule has 110 valence electrons. The van der Waals surface area contributed by atoms with E-state index in [1.165, 1.54) is 18.2 Å². The summed E-state index contributed by atoms with van der Waals surface area (Å²) in [5, 5.41) is 9.33. The Labute approximate surface area is 117 Å². The molecule has 2 rings (SSSR count). The summed E-state index contributed by atoms with van der Waals surface area (Å²) in [6, 6.07) is 3.72. The lowest BCUT2D eigenvalue weighted by atomic mass is 9.68. The van der Waals surface area contributed by atoms with Crippen LogP contribution in [0.1, 0.15) is 44.6 Å². The van der Waals surface area contributed by atoms with Gasteiger partial charge in [0.15, 0.2) is 0 Å². The average Bonchev–Trinajstić information content (AvgIpc) is 2.38. The van der Waals surface area contributed by atoms with Gasteiger partial charge in [-0.2, -0.15) is 0 Å². The van der Waals surface area contributed by atoms with E-state index in [1.807, 2.05) is 0 Å². The normalized spacial score (nSPS) is 26.8. The summed E-state index contributed by atoms with van der Waals surface area (Å²) in [5.74, 6) is -2.79. The number of carbonyl (C=O) groups is 1. The van der Waals surface area contributed by atoms with Gasteiger partial charge < -0.3 is 5.11 Å². The first-order valence-corrected chi connectivity index (χ1v) is 7.08. The number of aliphatic carboxylic acids is 1. The summed E-state index contributed by atoms with van der Waals surface area (Å²) < 4.78 is 27.9. The van der Waals surface area contributed by atoms with E-state index in [-0.39, 0.29) is 5.56 Å². The highest BCUT2D eigenvalue weighted by Gasteiger charge is 2.39. The van der Waals surface area contributed by atoms with E-state index in [0.29, 0.717) is 24.7 Å². The predicted molar refractivity (Wildman–Crippen MR) is 72.4 cm³/mol. The van der Waals surface area contributed by atoms with Crippen molar-refractivity contribution in [2.45, 2.75) is 39.0 Å². The van der Waals surface area contributed by atoms with Crippen molar-refractivity contribution >= 4 is 5.97 Å². The molecule has 0 bridgehead atoms. The van der Waals surface area contributed by atoms with Gasteiger partial charge in [-0.3, -0.25) is 4.79 Å². The van der Waals surface area contributed by atoms with Gasteiger partial charge in [0.25, 0.3) is 0 Å². The molecule has 1 N–H and O–H groups in total. The Morgan fingerprint density at radius 2 is 1.85 bits per heavy atom. The van der Waals surface area contributed by atoms with Crippen LogP contribution in [-0.4, -0.2) is 11.1 Å². The van der Waals surface area contributed by atoms with Crippen LogP contribution in [0.4, 0.5) is 8.78 Å². The van der Waals surface area contributed by atoms with Crippen LogP contribution in [0.3, 0.4) is 0 Å². The molecule has 2 nitrogen and oxygen atoms in total. The molecular formula is C16H20F2O2. The largest absolute Gasteiger partial charge is 0.481 e. The Kier molecular flexibility index (Phi) is 4.41. The smallest absolute Gasteiger partial charge is 0.307 e. The van der Waals surface area contributed by atoms with E-state index in [2.05, 4.69) is 13.8 Å². The maximum atomic E-state index is 14.0. The van der Waals surface area contributed by atoms with Crippen LogP contribution in [0, 0.1) is 29.4 Å². The number of halogens is 2. The van der Waals surface area contributed by atoms with Gasteiger partial charge in [-0.1, -0.05) is 19.9 Å². The zero-order chi connectivity index (χ0) is 14.9. The molecule has 1 saturated carbocycles. The van der Waals surface area contributed by atoms with Crippen LogP contribution in [0.15, 0.2) is 18.2 Å². The zero-order valence-electron chi connectivity index (χ0n) is 11.8. The van der Waals surface area contributed by atoms with Crippen molar-refractivity contribution in [1.82, 2.24) is 0 Å². The molecule has 20 heavy (non-hydrogen) atoms. The van der Waals surface area contributed by atoms with Gasteiger partial charge in [0, 0.05) is 11.5 Å². The van der Waals surface area contributed by atoms with E-state index in [0.717, 1.165) is 6.42 Å². The van der Waals surface area contributed by atoms with Gasteiger partial charge in [-0.15, -0.1) is 0 Å². The van der Waals surface area contributed by atoms with Crippen molar-refractivity contribution in [3.63, 3.8) is 0 Å². The molecule has 3 unspecified atom stereocenters. The van der Waals surface area contributed by atoms with Crippen molar-refractivity contribution in [1.29, 1.82) is 0 Å². The fraction of sp³-hybridized carbons (Fsp3) is 0.562. The van der Waals surface area contributed by atoms with E-state index >= 15 is 0 Å². The van der Waals surface area contributed by atoms with E-state index in [9.17, 15) is 18.7 Å². The molecule has 0 amide bonds. The summed E-state index contributed by atoms with van der Waals surface area (Å²) in [7, 11) is 0. The molecule has 0 radical (unpaired) electrons. The Hall–Kier alpha value is -1.45. The number of rotatable bonds is 3. The van der Waals surface area contributed by atoms with Gasteiger partial charge in [0.1, 0.15) is 11.6 Å². The zero-order valence-corrected chi connectivity index (χ0v) is 11.8. The third-order valence-corrected chi connectivity index (χ3v) is 4.52. The van der Waals surface area contributed by atoms with Crippen LogP contribution in [0.2, 0.25) is 0 Å². The fourth-order valence-corrected chi connectivity index (χ4v) is 3.29. The van der Waals surface area contributed by atoms with Gasteiger partial charge in [0.05, 0.1) is 5.92 Å². The topological polar surface area (TPSA) is 37.3 Å². The molecular weight excluding hydrogens is 262 g/mol. The molecule has 1 aromatic carbocycles. The van der Waals surface area contributed by atoms with Crippen molar-refractivity contribution in [3.8, 4) is 0 Å². The lowest BCUT2D eigenvalue weighted by molar-refractivity contribution is -0.144. The average molecular weight is 282 g/mol. The molecule has 0 aromatic heterocycles. The summed E-state index contributed by atoms with van der Waals surface area (Å²) >= 11 is 0. The second-order valence-corrected chi connectivity index (χ2v) is 6.00. The molecule has 3 atom stereocenters. The first-order chi connectivity index (χ1) is 9.41. The molecule has 4 heteroatoms. The van der Waals surface area contributed by atoms with Crippen molar-refractivity contribution in [2.75, 3.05) is 0 Å². The molecule has 0 aliphatic heterocycles. The third kappa shape index (κ3) is 2.84. The monoisotopic (exact) mass is 282 g/mol. The first kappa shape index (κ1) is 14.9. The maximum absolute atomic E-state index is 14.0.